The lowest BCUT2D eigenvalue weighted by atomic mass is 9.91. The van der Waals surface area contributed by atoms with E-state index in [1.54, 1.807) is 14.0 Å². The predicted molar refractivity (Wildman–Crippen MR) is 56.9 cm³/mol. The molecule has 0 aromatic carbocycles. The van der Waals surface area contributed by atoms with Crippen LogP contribution in [0.2, 0.25) is 0 Å². The number of hydrogen-bond donors (Lipinski definition) is 1. The Labute approximate surface area is 82.1 Å². The van der Waals surface area contributed by atoms with Crippen LogP contribution in [0.1, 0.15) is 46.0 Å². The third-order valence-corrected chi connectivity index (χ3v) is 2.32. The highest BCUT2D eigenvalue weighted by Crippen LogP contribution is 2.21. The second kappa shape index (κ2) is 8.24. The van der Waals surface area contributed by atoms with Crippen molar-refractivity contribution in [2.24, 2.45) is 5.92 Å². The van der Waals surface area contributed by atoms with Crippen molar-refractivity contribution in [2.45, 2.75) is 46.0 Å². The quantitative estimate of drug-likeness (QED) is 0.715. The Bertz CT molecular complexity index is 128. The summed E-state index contributed by atoms with van der Waals surface area (Å²) in [6.45, 7) is 4.40. The maximum Gasteiger partial charge on any atom is 0.143 e. The molecule has 0 aliphatic heterocycles. The molecule has 13 heavy (non-hydrogen) atoms. The highest BCUT2D eigenvalue weighted by atomic mass is 16.1. The number of rotatable bonds is 2. The molecule has 1 N–H and O–H groups in total. The maximum absolute atomic E-state index is 9.98. The number of carbonyl (C=O) groups is 1. The SMILES string of the molecule is CC1CCCCC1.CNCC(C)=O. The lowest BCUT2D eigenvalue weighted by Crippen LogP contribution is -2.14. The number of ketones is 1. The molecular weight excluding hydrogens is 162 g/mol. The minimum absolute atomic E-state index is 0.178. The zero-order chi connectivity index (χ0) is 10.1. The second-order valence-electron chi connectivity index (χ2n) is 3.98. The molecule has 2 nitrogen and oxygen atoms in total. The predicted octanol–water partition coefficient (Wildman–Crippen LogP) is 2.38. The molecule has 1 aliphatic carbocycles. The molecule has 1 aliphatic rings. The van der Waals surface area contributed by atoms with E-state index in [9.17, 15) is 4.79 Å². The van der Waals surface area contributed by atoms with Gasteiger partial charge in [0.1, 0.15) is 5.78 Å². The Kier molecular flexibility index (Phi) is 8.00. The Hall–Kier alpha value is -0.370. The number of likely N-dealkylation sites (N-methyl/N-ethyl adjacent to an activating group) is 1. The zero-order valence-corrected chi connectivity index (χ0v) is 9.23. The van der Waals surface area contributed by atoms with Crippen LogP contribution in [-0.2, 0) is 4.79 Å². The Balaban J connectivity index is 0.000000226. The molecular formula is C11H23NO. The van der Waals surface area contributed by atoms with E-state index in [4.69, 9.17) is 0 Å². The van der Waals surface area contributed by atoms with E-state index < -0.39 is 0 Å². The second-order valence-corrected chi connectivity index (χ2v) is 3.98. The topological polar surface area (TPSA) is 29.1 Å². The summed E-state index contributed by atoms with van der Waals surface area (Å²) in [6.07, 6.45) is 7.44. The van der Waals surface area contributed by atoms with E-state index >= 15 is 0 Å². The van der Waals surface area contributed by atoms with Gasteiger partial charge < -0.3 is 5.32 Å². The molecule has 0 spiro atoms. The molecule has 1 saturated carbocycles. The summed E-state index contributed by atoms with van der Waals surface area (Å²) in [5, 5.41) is 2.72. The summed E-state index contributed by atoms with van der Waals surface area (Å²) in [4.78, 5) is 9.98. The van der Waals surface area contributed by atoms with Crippen LogP contribution in [0.5, 0.6) is 0 Å². The number of hydrogen-bond acceptors (Lipinski definition) is 2. The zero-order valence-electron chi connectivity index (χ0n) is 9.23. The van der Waals surface area contributed by atoms with Crippen LogP contribution < -0.4 is 5.32 Å². The normalized spacial score (nSPS) is 17.5. The molecule has 0 amide bonds. The fourth-order valence-electron chi connectivity index (χ4n) is 1.56. The van der Waals surface area contributed by atoms with Gasteiger partial charge in [-0.2, -0.15) is 0 Å². The van der Waals surface area contributed by atoms with E-state index in [-0.39, 0.29) is 5.78 Å². The van der Waals surface area contributed by atoms with Gasteiger partial charge in [-0.1, -0.05) is 39.0 Å². The van der Waals surface area contributed by atoms with Crippen molar-refractivity contribution >= 4 is 5.78 Å². The Morgan fingerprint density at radius 2 is 1.85 bits per heavy atom. The first-order valence-corrected chi connectivity index (χ1v) is 5.31. The first kappa shape index (κ1) is 12.6. The summed E-state index contributed by atoms with van der Waals surface area (Å²) in [6, 6.07) is 0. The van der Waals surface area contributed by atoms with Crippen LogP contribution in [0, 0.1) is 5.92 Å². The molecule has 0 aromatic rings. The lowest BCUT2D eigenvalue weighted by Gasteiger charge is -2.15. The average molecular weight is 185 g/mol. The van der Waals surface area contributed by atoms with Crippen molar-refractivity contribution in [1.82, 2.24) is 5.32 Å². The number of nitrogens with one attached hydrogen (secondary N) is 1. The van der Waals surface area contributed by atoms with Gasteiger partial charge in [0.05, 0.1) is 6.54 Å². The molecule has 0 unspecified atom stereocenters. The monoisotopic (exact) mass is 185 g/mol. The first-order valence-electron chi connectivity index (χ1n) is 5.31. The molecule has 0 heterocycles. The van der Waals surface area contributed by atoms with Gasteiger partial charge in [0.2, 0.25) is 0 Å². The molecule has 0 saturated heterocycles. The van der Waals surface area contributed by atoms with Crippen LogP contribution in [0.25, 0.3) is 0 Å². The molecule has 1 fully saturated rings. The van der Waals surface area contributed by atoms with Gasteiger partial charge in [-0.15, -0.1) is 0 Å². The number of carbonyl (C=O) groups excluding carboxylic acids is 1. The molecule has 1 rings (SSSR count). The van der Waals surface area contributed by atoms with Gasteiger partial charge in [-0.3, -0.25) is 4.79 Å². The van der Waals surface area contributed by atoms with Gasteiger partial charge in [-0.25, -0.2) is 0 Å². The Morgan fingerprint density at radius 1 is 1.31 bits per heavy atom. The van der Waals surface area contributed by atoms with Gasteiger partial charge >= 0.3 is 0 Å². The van der Waals surface area contributed by atoms with E-state index in [2.05, 4.69) is 12.2 Å². The van der Waals surface area contributed by atoms with Crippen molar-refractivity contribution < 1.29 is 4.79 Å². The summed E-state index contributed by atoms with van der Waals surface area (Å²) < 4.78 is 0. The maximum atomic E-state index is 9.98. The van der Waals surface area contributed by atoms with Crippen molar-refractivity contribution in [3.05, 3.63) is 0 Å². The molecule has 2 heteroatoms. The van der Waals surface area contributed by atoms with Crippen molar-refractivity contribution in [1.29, 1.82) is 0 Å². The van der Waals surface area contributed by atoms with Crippen LogP contribution in [-0.4, -0.2) is 19.4 Å². The summed E-state index contributed by atoms with van der Waals surface area (Å²) >= 11 is 0. The van der Waals surface area contributed by atoms with Crippen LogP contribution in [0.3, 0.4) is 0 Å². The Morgan fingerprint density at radius 3 is 2.00 bits per heavy atom. The average Bonchev–Trinajstić information content (AvgIpc) is 2.06. The van der Waals surface area contributed by atoms with Crippen molar-refractivity contribution in [3.63, 3.8) is 0 Å². The highest BCUT2D eigenvalue weighted by molar-refractivity contribution is 5.77. The highest BCUT2D eigenvalue weighted by Gasteiger charge is 2.05. The lowest BCUT2D eigenvalue weighted by molar-refractivity contribution is -0.116. The van der Waals surface area contributed by atoms with Gasteiger partial charge in [0.25, 0.3) is 0 Å². The molecule has 78 valence electrons. The summed E-state index contributed by atoms with van der Waals surface area (Å²) in [7, 11) is 1.75. The van der Waals surface area contributed by atoms with E-state index in [0.717, 1.165) is 5.92 Å². The summed E-state index contributed by atoms with van der Waals surface area (Å²) in [5.41, 5.74) is 0. The van der Waals surface area contributed by atoms with Crippen molar-refractivity contribution in [2.75, 3.05) is 13.6 Å². The minimum Gasteiger partial charge on any atom is -0.313 e. The number of Topliss-reactive ketones (excluding diaryl/α,β-unsaturated/α-hetero) is 1. The largest absolute Gasteiger partial charge is 0.313 e. The van der Waals surface area contributed by atoms with Crippen LogP contribution >= 0.6 is 0 Å². The van der Waals surface area contributed by atoms with Crippen LogP contribution in [0.15, 0.2) is 0 Å². The molecule has 0 atom stereocenters. The molecule has 0 bridgehead atoms. The summed E-state index contributed by atoms with van der Waals surface area (Å²) in [5.74, 6) is 1.21. The standard InChI is InChI=1S/C7H14.C4H9NO/c1-7-5-3-2-4-6-7;1-4(6)3-5-2/h7H,2-6H2,1H3;5H,3H2,1-2H3. The third kappa shape index (κ3) is 9.54. The van der Waals surface area contributed by atoms with Gasteiger partial charge in [-0.05, 0) is 19.9 Å². The van der Waals surface area contributed by atoms with E-state index in [1.807, 2.05) is 0 Å². The molecule has 0 radical (unpaired) electrons. The third-order valence-electron chi connectivity index (χ3n) is 2.32. The van der Waals surface area contributed by atoms with E-state index in [0.29, 0.717) is 6.54 Å². The fourth-order valence-corrected chi connectivity index (χ4v) is 1.56. The molecule has 0 aromatic heterocycles. The minimum atomic E-state index is 0.178. The van der Waals surface area contributed by atoms with E-state index in [1.165, 1.54) is 32.1 Å². The smallest absolute Gasteiger partial charge is 0.143 e. The fraction of sp³-hybridized carbons (Fsp3) is 0.909. The van der Waals surface area contributed by atoms with Gasteiger partial charge in [0.15, 0.2) is 0 Å². The van der Waals surface area contributed by atoms with Crippen LogP contribution in [0.4, 0.5) is 0 Å². The van der Waals surface area contributed by atoms with Crippen molar-refractivity contribution in [3.8, 4) is 0 Å². The first-order chi connectivity index (χ1) is 6.16. The van der Waals surface area contributed by atoms with Gasteiger partial charge in [0, 0.05) is 0 Å².